The standard InChI is InChI=1S/C15H18N2O5/c1-9-6-12(10(2)22-9)13(18)8-17-15(20)14(19)16-7-11-4-3-5-21-11/h3-6,13,18H,7-8H2,1-2H3,(H,16,19)(H,17,20). The predicted octanol–water partition coefficient (Wildman–Crippen LogP) is 0.955. The first-order valence-corrected chi connectivity index (χ1v) is 6.80. The molecule has 2 rings (SSSR count). The minimum Gasteiger partial charge on any atom is -0.467 e. The van der Waals surface area contributed by atoms with Crippen molar-refractivity contribution < 1.29 is 23.5 Å². The number of hydrogen-bond acceptors (Lipinski definition) is 5. The molecule has 0 spiro atoms. The van der Waals surface area contributed by atoms with Crippen molar-refractivity contribution in [1.29, 1.82) is 0 Å². The number of aryl methyl sites for hydroxylation is 2. The molecular formula is C15H18N2O5. The number of rotatable bonds is 5. The summed E-state index contributed by atoms with van der Waals surface area (Å²) in [5, 5.41) is 14.8. The van der Waals surface area contributed by atoms with E-state index in [4.69, 9.17) is 8.83 Å². The fourth-order valence-corrected chi connectivity index (χ4v) is 2.02. The Bertz CT molecular complexity index is 645. The van der Waals surface area contributed by atoms with E-state index in [2.05, 4.69) is 10.6 Å². The molecule has 0 fully saturated rings. The van der Waals surface area contributed by atoms with Gasteiger partial charge in [0.05, 0.1) is 18.9 Å². The van der Waals surface area contributed by atoms with Gasteiger partial charge in [0.1, 0.15) is 17.3 Å². The summed E-state index contributed by atoms with van der Waals surface area (Å²) >= 11 is 0. The molecule has 22 heavy (non-hydrogen) atoms. The van der Waals surface area contributed by atoms with Crippen LogP contribution >= 0.6 is 0 Å². The van der Waals surface area contributed by atoms with Crippen molar-refractivity contribution in [3.63, 3.8) is 0 Å². The summed E-state index contributed by atoms with van der Waals surface area (Å²) < 4.78 is 10.3. The Hall–Kier alpha value is -2.54. The number of amides is 2. The molecule has 7 nitrogen and oxygen atoms in total. The molecule has 0 aromatic carbocycles. The third-order valence-electron chi connectivity index (χ3n) is 3.10. The number of aliphatic hydroxyl groups is 1. The molecule has 118 valence electrons. The first kappa shape index (κ1) is 15.8. The monoisotopic (exact) mass is 306 g/mol. The van der Waals surface area contributed by atoms with E-state index in [0.717, 1.165) is 0 Å². The van der Waals surface area contributed by atoms with Crippen LogP contribution in [0.5, 0.6) is 0 Å². The van der Waals surface area contributed by atoms with Crippen LogP contribution in [0.4, 0.5) is 0 Å². The maximum atomic E-state index is 11.6. The quantitative estimate of drug-likeness (QED) is 0.714. The Morgan fingerprint density at radius 1 is 1.27 bits per heavy atom. The topological polar surface area (TPSA) is 105 Å². The van der Waals surface area contributed by atoms with Crippen LogP contribution < -0.4 is 10.6 Å². The van der Waals surface area contributed by atoms with E-state index in [0.29, 0.717) is 22.8 Å². The third-order valence-corrected chi connectivity index (χ3v) is 3.10. The van der Waals surface area contributed by atoms with Gasteiger partial charge in [0, 0.05) is 12.1 Å². The number of hydrogen-bond donors (Lipinski definition) is 3. The Morgan fingerprint density at radius 3 is 2.59 bits per heavy atom. The second-order valence-corrected chi connectivity index (χ2v) is 4.86. The summed E-state index contributed by atoms with van der Waals surface area (Å²) in [4.78, 5) is 23.2. The number of furan rings is 2. The summed E-state index contributed by atoms with van der Waals surface area (Å²) in [6.07, 6.45) is 0.548. The van der Waals surface area contributed by atoms with E-state index in [9.17, 15) is 14.7 Å². The largest absolute Gasteiger partial charge is 0.467 e. The molecule has 0 saturated heterocycles. The van der Waals surface area contributed by atoms with Gasteiger partial charge < -0.3 is 24.6 Å². The van der Waals surface area contributed by atoms with Gasteiger partial charge in [-0.15, -0.1) is 0 Å². The lowest BCUT2D eigenvalue weighted by atomic mass is 10.1. The molecule has 2 amide bonds. The highest BCUT2D eigenvalue weighted by molar-refractivity contribution is 6.35. The zero-order valence-electron chi connectivity index (χ0n) is 12.4. The van der Waals surface area contributed by atoms with Crippen LogP contribution in [0, 0.1) is 13.8 Å². The van der Waals surface area contributed by atoms with Crippen molar-refractivity contribution in [3.05, 3.63) is 47.3 Å². The molecule has 1 unspecified atom stereocenters. The van der Waals surface area contributed by atoms with Crippen LogP contribution in [0.3, 0.4) is 0 Å². The highest BCUT2D eigenvalue weighted by atomic mass is 16.3. The first-order valence-electron chi connectivity index (χ1n) is 6.80. The number of aliphatic hydroxyl groups excluding tert-OH is 1. The average Bonchev–Trinajstić information content (AvgIpc) is 3.11. The van der Waals surface area contributed by atoms with E-state index in [1.54, 1.807) is 32.0 Å². The minimum absolute atomic E-state index is 0.0766. The summed E-state index contributed by atoms with van der Waals surface area (Å²) in [7, 11) is 0. The van der Waals surface area contributed by atoms with Gasteiger partial charge in [-0.3, -0.25) is 9.59 Å². The Kier molecular flexibility index (Phi) is 5.00. The number of carbonyl (C=O) groups excluding carboxylic acids is 2. The lowest BCUT2D eigenvalue weighted by molar-refractivity contribution is -0.139. The molecular weight excluding hydrogens is 288 g/mol. The smallest absolute Gasteiger partial charge is 0.309 e. The van der Waals surface area contributed by atoms with Gasteiger partial charge >= 0.3 is 11.8 Å². The second-order valence-electron chi connectivity index (χ2n) is 4.86. The fourth-order valence-electron chi connectivity index (χ4n) is 2.02. The Balaban J connectivity index is 1.79. The van der Waals surface area contributed by atoms with Crippen molar-refractivity contribution in [1.82, 2.24) is 10.6 Å². The van der Waals surface area contributed by atoms with Crippen molar-refractivity contribution in [3.8, 4) is 0 Å². The van der Waals surface area contributed by atoms with Gasteiger partial charge in [0.2, 0.25) is 0 Å². The van der Waals surface area contributed by atoms with Crippen LogP contribution in [0.15, 0.2) is 33.3 Å². The third kappa shape index (κ3) is 3.98. The molecule has 7 heteroatoms. The molecule has 0 radical (unpaired) electrons. The van der Waals surface area contributed by atoms with Crippen LogP contribution in [0.2, 0.25) is 0 Å². The van der Waals surface area contributed by atoms with Gasteiger partial charge in [-0.2, -0.15) is 0 Å². The van der Waals surface area contributed by atoms with E-state index >= 15 is 0 Å². The fraction of sp³-hybridized carbons (Fsp3) is 0.333. The molecule has 0 aliphatic carbocycles. The molecule has 3 N–H and O–H groups in total. The summed E-state index contributed by atoms with van der Waals surface area (Å²) in [6.45, 7) is 3.54. The molecule has 2 aromatic rings. The van der Waals surface area contributed by atoms with Crippen LogP contribution in [-0.4, -0.2) is 23.5 Å². The van der Waals surface area contributed by atoms with Crippen LogP contribution in [-0.2, 0) is 16.1 Å². The zero-order chi connectivity index (χ0) is 16.1. The molecule has 0 bridgehead atoms. The molecule has 2 heterocycles. The highest BCUT2D eigenvalue weighted by Crippen LogP contribution is 2.20. The van der Waals surface area contributed by atoms with Crippen molar-refractivity contribution in [2.24, 2.45) is 0 Å². The maximum absolute atomic E-state index is 11.6. The lowest BCUT2D eigenvalue weighted by Crippen LogP contribution is -2.41. The van der Waals surface area contributed by atoms with E-state index in [-0.39, 0.29) is 13.1 Å². The van der Waals surface area contributed by atoms with Crippen molar-refractivity contribution in [2.75, 3.05) is 6.54 Å². The Labute approximate surface area is 127 Å². The molecule has 0 aliphatic rings. The van der Waals surface area contributed by atoms with Crippen molar-refractivity contribution >= 4 is 11.8 Å². The lowest BCUT2D eigenvalue weighted by Gasteiger charge is -2.11. The van der Waals surface area contributed by atoms with E-state index in [1.165, 1.54) is 6.26 Å². The number of nitrogens with one attached hydrogen (secondary N) is 2. The van der Waals surface area contributed by atoms with Gasteiger partial charge in [-0.25, -0.2) is 0 Å². The van der Waals surface area contributed by atoms with E-state index in [1.807, 2.05) is 0 Å². The Morgan fingerprint density at radius 2 is 2.00 bits per heavy atom. The SMILES string of the molecule is Cc1cc(C(O)CNC(=O)C(=O)NCc2ccco2)c(C)o1. The zero-order valence-corrected chi connectivity index (χ0v) is 12.4. The number of carbonyl (C=O) groups is 2. The molecule has 0 aliphatic heterocycles. The summed E-state index contributed by atoms with van der Waals surface area (Å²) in [5.74, 6) is 0.202. The highest BCUT2D eigenvalue weighted by Gasteiger charge is 2.18. The summed E-state index contributed by atoms with van der Waals surface area (Å²) in [6, 6.07) is 5.07. The average molecular weight is 306 g/mol. The van der Waals surface area contributed by atoms with Gasteiger partial charge in [0.15, 0.2) is 0 Å². The maximum Gasteiger partial charge on any atom is 0.309 e. The molecule has 0 saturated carbocycles. The van der Waals surface area contributed by atoms with Gasteiger partial charge in [0.25, 0.3) is 0 Å². The van der Waals surface area contributed by atoms with Crippen LogP contribution in [0.25, 0.3) is 0 Å². The molecule has 2 aromatic heterocycles. The predicted molar refractivity (Wildman–Crippen MR) is 76.7 cm³/mol. The minimum atomic E-state index is -0.931. The normalized spacial score (nSPS) is 12.0. The van der Waals surface area contributed by atoms with Gasteiger partial charge in [-0.1, -0.05) is 0 Å². The van der Waals surface area contributed by atoms with E-state index < -0.39 is 17.9 Å². The first-order chi connectivity index (χ1) is 10.5. The molecule has 1 atom stereocenters. The summed E-state index contributed by atoms with van der Waals surface area (Å²) in [5.41, 5.74) is 0.591. The van der Waals surface area contributed by atoms with Crippen molar-refractivity contribution in [2.45, 2.75) is 26.5 Å². The second kappa shape index (κ2) is 6.95. The van der Waals surface area contributed by atoms with Crippen LogP contribution in [0.1, 0.15) is 28.9 Å². The van der Waals surface area contributed by atoms with Gasteiger partial charge in [-0.05, 0) is 32.0 Å².